The number of nitrogens with one attached hydrogen (secondary N) is 1. The largest absolute Gasteiger partial charge is 0.507 e. The zero-order valence-corrected chi connectivity index (χ0v) is 15.0. The van der Waals surface area contributed by atoms with Crippen molar-refractivity contribution in [3.05, 3.63) is 60.3 Å². The first-order valence-electron chi connectivity index (χ1n) is 8.54. The molecule has 0 saturated carbocycles. The minimum absolute atomic E-state index is 0.0253. The fourth-order valence-electron chi connectivity index (χ4n) is 2.98. The molecule has 0 saturated heterocycles. The van der Waals surface area contributed by atoms with Crippen LogP contribution in [-0.2, 0) is 5.41 Å². The third kappa shape index (κ3) is 2.81. The number of hydrogen-bond acceptors (Lipinski definition) is 4. The van der Waals surface area contributed by atoms with E-state index < -0.39 is 0 Å². The second-order valence-electron chi connectivity index (χ2n) is 7.37. The number of hydrogen-bond donors (Lipinski definition) is 2. The number of aromatic amines is 1. The number of phenols is 1. The van der Waals surface area contributed by atoms with E-state index >= 15 is 0 Å². The summed E-state index contributed by atoms with van der Waals surface area (Å²) in [5, 5.41) is 19.7. The molecule has 2 heterocycles. The van der Waals surface area contributed by atoms with Crippen LogP contribution in [-0.4, -0.2) is 25.3 Å². The van der Waals surface area contributed by atoms with Crippen LogP contribution in [0.5, 0.6) is 5.75 Å². The molecule has 4 aromatic rings. The highest BCUT2D eigenvalue weighted by Gasteiger charge is 2.19. The quantitative estimate of drug-likeness (QED) is 0.553. The molecule has 2 aromatic heterocycles. The zero-order chi connectivity index (χ0) is 18.3. The first-order chi connectivity index (χ1) is 12.4. The molecule has 0 bridgehead atoms. The van der Waals surface area contributed by atoms with Crippen LogP contribution in [0, 0.1) is 0 Å². The highest BCUT2D eigenvalue weighted by atomic mass is 16.3. The van der Waals surface area contributed by atoms with Crippen molar-refractivity contribution < 1.29 is 5.11 Å². The van der Waals surface area contributed by atoms with Gasteiger partial charge in [0, 0.05) is 11.6 Å². The Labute approximate surface area is 151 Å². The predicted molar refractivity (Wildman–Crippen MR) is 103 cm³/mol. The third-order valence-electron chi connectivity index (χ3n) is 4.49. The lowest BCUT2D eigenvalue weighted by molar-refractivity contribution is 0.475. The summed E-state index contributed by atoms with van der Waals surface area (Å²) < 4.78 is 0. The second-order valence-corrected chi connectivity index (χ2v) is 7.37. The molecule has 0 spiro atoms. The van der Waals surface area contributed by atoms with Crippen molar-refractivity contribution in [2.75, 3.05) is 0 Å². The summed E-state index contributed by atoms with van der Waals surface area (Å²) in [4.78, 5) is 9.05. The van der Waals surface area contributed by atoms with E-state index in [0.29, 0.717) is 17.2 Å². The van der Waals surface area contributed by atoms with Crippen molar-refractivity contribution in [3.8, 4) is 28.7 Å². The monoisotopic (exact) mass is 344 g/mol. The maximum atomic E-state index is 10.3. The van der Waals surface area contributed by atoms with Gasteiger partial charge in [-0.05, 0) is 34.6 Å². The average molecular weight is 344 g/mol. The van der Waals surface area contributed by atoms with E-state index in [1.807, 2.05) is 42.5 Å². The van der Waals surface area contributed by atoms with Crippen LogP contribution >= 0.6 is 0 Å². The van der Waals surface area contributed by atoms with Crippen molar-refractivity contribution in [2.45, 2.75) is 26.2 Å². The molecule has 5 nitrogen and oxygen atoms in total. The van der Waals surface area contributed by atoms with Crippen molar-refractivity contribution in [3.63, 3.8) is 0 Å². The van der Waals surface area contributed by atoms with Gasteiger partial charge in [0.2, 0.25) is 5.82 Å². The second kappa shape index (κ2) is 5.95. The lowest BCUT2D eigenvalue weighted by Gasteiger charge is -2.19. The van der Waals surface area contributed by atoms with E-state index in [4.69, 9.17) is 0 Å². The Morgan fingerprint density at radius 1 is 1.00 bits per heavy atom. The lowest BCUT2D eigenvalue weighted by Crippen LogP contribution is -2.10. The number of aromatic nitrogens is 4. The van der Waals surface area contributed by atoms with Gasteiger partial charge in [-0.3, -0.25) is 10.1 Å². The van der Waals surface area contributed by atoms with Crippen LogP contribution in [0.3, 0.4) is 0 Å². The molecule has 0 radical (unpaired) electrons. The van der Waals surface area contributed by atoms with Gasteiger partial charge >= 0.3 is 0 Å². The fourth-order valence-corrected chi connectivity index (χ4v) is 2.98. The lowest BCUT2D eigenvalue weighted by atomic mass is 9.86. The van der Waals surface area contributed by atoms with E-state index in [2.05, 4.69) is 40.9 Å². The molecule has 0 unspecified atom stereocenters. The Hall–Kier alpha value is -3.21. The summed E-state index contributed by atoms with van der Waals surface area (Å²) in [6.45, 7) is 6.40. The average Bonchev–Trinajstić information content (AvgIpc) is 3.10. The predicted octanol–water partition coefficient (Wildman–Crippen LogP) is 4.69. The van der Waals surface area contributed by atoms with Crippen LogP contribution in [0.25, 0.3) is 33.7 Å². The molecule has 2 N–H and O–H groups in total. The Kier molecular flexibility index (Phi) is 3.72. The minimum Gasteiger partial charge on any atom is -0.507 e. The smallest absolute Gasteiger partial charge is 0.200 e. The highest BCUT2D eigenvalue weighted by molar-refractivity contribution is 5.93. The van der Waals surface area contributed by atoms with E-state index in [1.165, 1.54) is 0 Å². The molecule has 0 aliphatic rings. The van der Waals surface area contributed by atoms with Gasteiger partial charge in [-0.1, -0.05) is 51.1 Å². The number of aromatic hydroxyl groups is 1. The molecule has 0 amide bonds. The molecular weight excluding hydrogens is 324 g/mol. The van der Waals surface area contributed by atoms with E-state index in [0.717, 1.165) is 22.0 Å². The van der Waals surface area contributed by atoms with E-state index in [1.54, 1.807) is 12.3 Å². The SMILES string of the molecule is CC(C)(C)c1ccc(O)c(-c2nc(-c3nccc4ccccc34)n[nH]2)c1. The molecule has 0 fully saturated rings. The first-order valence-corrected chi connectivity index (χ1v) is 8.54. The Morgan fingerprint density at radius 2 is 1.81 bits per heavy atom. The molecule has 2 aromatic carbocycles. The summed E-state index contributed by atoms with van der Waals surface area (Å²) in [5.41, 5.74) is 2.45. The standard InChI is InChI=1S/C21H20N4O/c1-21(2,3)14-8-9-17(26)16(12-14)19-23-20(25-24-19)18-15-7-5-4-6-13(15)10-11-22-18/h4-12,26H,1-3H3,(H,23,24,25). The maximum absolute atomic E-state index is 10.3. The number of pyridine rings is 1. The topological polar surface area (TPSA) is 74.7 Å². The van der Waals surface area contributed by atoms with Crippen molar-refractivity contribution in [2.24, 2.45) is 0 Å². The van der Waals surface area contributed by atoms with Gasteiger partial charge in [0.25, 0.3) is 0 Å². The van der Waals surface area contributed by atoms with Gasteiger partial charge in [-0.25, -0.2) is 4.98 Å². The Morgan fingerprint density at radius 3 is 2.62 bits per heavy atom. The highest BCUT2D eigenvalue weighted by Crippen LogP contribution is 2.33. The summed E-state index contributed by atoms with van der Waals surface area (Å²) in [6.07, 6.45) is 1.76. The van der Waals surface area contributed by atoms with Crippen LogP contribution < -0.4 is 0 Å². The molecular formula is C21H20N4O. The van der Waals surface area contributed by atoms with Crippen LogP contribution in [0.15, 0.2) is 54.7 Å². The number of benzene rings is 2. The Balaban J connectivity index is 1.82. The van der Waals surface area contributed by atoms with Crippen molar-refractivity contribution in [1.82, 2.24) is 20.2 Å². The summed E-state index contributed by atoms with van der Waals surface area (Å²) in [5.74, 6) is 1.21. The number of nitrogens with zero attached hydrogens (tertiary/aromatic N) is 3. The summed E-state index contributed by atoms with van der Waals surface area (Å²) >= 11 is 0. The number of rotatable bonds is 2. The molecule has 130 valence electrons. The van der Waals surface area contributed by atoms with Gasteiger partial charge in [-0.2, -0.15) is 5.10 Å². The van der Waals surface area contributed by atoms with Gasteiger partial charge in [0.1, 0.15) is 11.4 Å². The normalized spacial score (nSPS) is 11.8. The van der Waals surface area contributed by atoms with Crippen LogP contribution in [0.4, 0.5) is 0 Å². The van der Waals surface area contributed by atoms with Crippen LogP contribution in [0.1, 0.15) is 26.3 Å². The van der Waals surface area contributed by atoms with Gasteiger partial charge in [-0.15, -0.1) is 0 Å². The molecule has 0 aliphatic heterocycles. The van der Waals surface area contributed by atoms with E-state index in [-0.39, 0.29) is 11.2 Å². The van der Waals surface area contributed by atoms with Crippen LogP contribution in [0.2, 0.25) is 0 Å². The molecule has 5 heteroatoms. The molecule has 0 atom stereocenters. The summed E-state index contributed by atoms with van der Waals surface area (Å²) in [7, 11) is 0. The van der Waals surface area contributed by atoms with Gasteiger partial charge in [0.05, 0.1) is 5.56 Å². The van der Waals surface area contributed by atoms with Crippen molar-refractivity contribution in [1.29, 1.82) is 0 Å². The van der Waals surface area contributed by atoms with Gasteiger partial charge in [0.15, 0.2) is 5.82 Å². The maximum Gasteiger partial charge on any atom is 0.200 e. The van der Waals surface area contributed by atoms with Crippen molar-refractivity contribution >= 4 is 10.8 Å². The fraction of sp³-hybridized carbons (Fsp3) is 0.190. The number of fused-ring (bicyclic) bond motifs is 1. The number of H-pyrrole nitrogens is 1. The first kappa shape index (κ1) is 16.3. The van der Waals surface area contributed by atoms with Gasteiger partial charge < -0.3 is 5.11 Å². The third-order valence-corrected chi connectivity index (χ3v) is 4.49. The molecule has 0 aliphatic carbocycles. The molecule has 26 heavy (non-hydrogen) atoms. The Bertz CT molecular complexity index is 1090. The zero-order valence-electron chi connectivity index (χ0n) is 15.0. The summed E-state index contributed by atoms with van der Waals surface area (Å²) in [6, 6.07) is 15.6. The minimum atomic E-state index is -0.0253. The molecule has 4 rings (SSSR count). The number of phenolic OH excluding ortho intramolecular Hbond substituents is 1. The van der Waals surface area contributed by atoms with E-state index in [9.17, 15) is 5.11 Å².